The minimum absolute atomic E-state index is 0.0387. The van der Waals surface area contributed by atoms with Crippen LogP contribution < -0.4 is 0 Å². The van der Waals surface area contributed by atoms with Crippen molar-refractivity contribution in [2.45, 2.75) is 44.4 Å². The molecule has 0 saturated carbocycles. The lowest BCUT2D eigenvalue weighted by atomic mass is 9.97. The van der Waals surface area contributed by atoms with Crippen LogP contribution in [0.1, 0.15) is 31.2 Å². The number of hydrogen-bond donors (Lipinski definition) is 1. The highest BCUT2D eigenvalue weighted by molar-refractivity contribution is 5.13. The Kier molecular flexibility index (Phi) is 3.37. The van der Waals surface area contributed by atoms with E-state index in [9.17, 15) is 5.11 Å². The summed E-state index contributed by atoms with van der Waals surface area (Å²) in [5.41, 5.74) is 1.34. The van der Waals surface area contributed by atoms with E-state index < -0.39 is 0 Å². The van der Waals surface area contributed by atoms with Gasteiger partial charge in [0, 0.05) is 18.4 Å². The van der Waals surface area contributed by atoms with Gasteiger partial charge in [0.1, 0.15) is 25.2 Å². The Morgan fingerprint density at radius 1 is 1.22 bits per heavy atom. The number of hydrogen-bond acceptors (Lipinski definition) is 2. The van der Waals surface area contributed by atoms with E-state index in [0.29, 0.717) is 6.04 Å². The van der Waals surface area contributed by atoms with Crippen molar-refractivity contribution in [1.82, 2.24) is 0 Å². The van der Waals surface area contributed by atoms with E-state index in [1.807, 2.05) is 0 Å². The van der Waals surface area contributed by atoms with Gasteiger partial charge in [0.25, 0.3) is 0 Å². The highest BCUT2D eigenvalue weighted by Crippen LogP contribution is 2.38. The molecule has 0 aliphatic carbocycles. The molecule has 0 spiro atoms. The molecule has 3 atom stereocenters. The SMILES string of the molecule is OCC1CC2CCCC[N+]2(Cc2ccccc2)O1. The summed E-state index contributed by atoms with van der Waals surface area (Å²) in [6, 6.07) is 11.2. The largest absolute Gasteiger partial charge is 0.393 e. The second kappa shape index (κ2) is 5.00. The number of fused-ring (bicyclic) bond motifs is 1. The lowest BCUT2D eigenvalue weighted by Crippen LogP contribution is -2.52. The molecule has 0 radical (unpaired) electrons. The molecule has 0 aromatic heterocycles. The van der Waals surface area contributed by atoms with Gasteiger partial charge >= 0.3 is 0 Å². The van der Waals surface area contributed by atoms with Crippen LogP contribution in [-0.2, 0) is 11.4 Å². The van der Waals surface area contributed by atoms with Crippen molar-refractivity contribution in [3.63, 3.8) is 0 Å². The Bertz CT molecular complexity index is 395. The van der Waals surface area contributed by atoms with Gasteiger partial charge in [-0.1, -0.05) is 30.3 Å². The van der Waals surface area contributed by atoms with Crippen LogP contribution >= 0.6 is 0 Å². The molecule has 0 amide bonds. The van der Waals surface area contributed by atoms with E-state index >= 15 is 0 Å². The average molecular weight is 248 g/mol. The maximum atomic E-state index is 9.36. The number of benzene rings is 1. The topological polar surface area (TPSA) is 29.5 Å². The van der Waals surface area contributed by atoms with Crippen LogP contribution in [0, 0.1) is 0 Å². The highest BCUT2D eigenvalue weighted by Gasteiger charge is 2.50. The number of rotatable bonds is 3. The second-order valence-electron chi connectivity index (χ2n) is 5.61. The molecular formula is C15H22NO2+. The summed E-state index contributed by atoms with van der Waals surface area (Å²) in [4.78, 5) is 6.19. The lowest BCUT2D eigenvalue weighted by Gasteiger charge is -2.39. The predicted molar refractivity (Wildman–Crippen MR) is 69.5 cm³/mol. The smallest absolute Gasteiger partial charge is 0.145 e. The zero-order valence-electron chi connectivity index (χ0n) is 10.8. The van der Waals surface area contributed by atoms with Gasteiger partial charge in [0.15, 0.2) is 0 Å². The van der Waals surface area contributed by atoms with Crippen molar-refractivity contribution >= 4 is 0 Å². The summed E-state index contributed by atoms with van der Waals surface area (Å²) < 4.78 is 0.745. The van der Waals surface area contributed by atoms with Gasteiger partial charge in [-0.25, -0.2) is 0 Å². The van der Waals surface area contributed by atoms with E-state index in [1.54, 1.807) is 0 Å². The van der Waals surface area contributed by atoms with Crippen LogP contribution in [0.5, 0.6) is 0 Å². The monoisotopic (exact) mass is 248 g/mol. The molecule has 0 bridgehead atoms. The number of hydroxylamine groups is 3. The van der Waals surface area contributed by atoms with Crippen LogP contribution in [0.3, 0.4) is 0 Å². The van der Waals surface area contributed by atoms with E-state index in [0.717, 1.165) is 24.2 Å². The van der Waals surface area contributed by atoms with Gasteiger partial charge < -0.3 is 5.11 Å². The molecule has 2 aliphatic heterocycles. The minimum Gasteiger partial charge on any atom is -0.393 e. The first-order valence-corrected chi connectivity index (χ1v) is 7.02. The van der Waals surface area contributed by atoms with Crippen molar-refractivity contribution in [3.05, 3.63) is 35.9 Å². The van der Waals surface area contributed by atoms with E-state index in [4.69, 9.17) is 4.84 Å². The molecule has 3 nitrogen and oxygen atoms in total. The minimum atomic E-state index is 0.0387. The van der Waals surface area contributed by atoms with Crippen molar-refractivity contribution in [3.8, 4) is 0 Å². The Morgan fingerprint density at radius 3 is 2.83 bits per heavy atom. The summed E-state index contributed by atoms with van der Waals surface area (Å²) in [5.74, 6) is 0. The number of aliphatic hydroxyl groups excluding tert-OH is 1. The Labute approximate surface area is 109 Å². The molecular weight excluding hydrogens is 226 g/mol. The summed E-state index contributed by atoms with van der Waals surface area (Å²) in [6.07, 6.45) is 4.84. The first kappa shape index (κ1) is 12.2. The van der Waals surface area contributed by atoms with Gasteiger partial charge in [-0.2, -0.15) is 9.48 Å². The molecule has 1 aromatic rings. The van der Waals surface area contributed by atoms with Crippen LogP contribution in [-0.4, -0.2) is 35.1 Å². The first-order valence-electron chi connectivity index (χ1n) is 7.02. The third-order valence-corrected chi connectivity index (χ3v) is 4.38. The number of quaternary nitrogens is 1. The molecule has 3 unspecified atom stereocenters. The van der Waals surface area contributed by atoms with Crippen LogP contribution in [0.15, 0.2) is 30.3 Å². The second-order valence-corrected chi connectivity index (χ2v) is 5.61. The van der Waals surface area contributed by atoms with Crippen LogP contribution in [0.2, 0.25) is 0 Å². The number of piperidine rings is 1. The summed E-state index contributed by atoms with van der Waals surface area (Å²) >= 11 is 0. The predicted octanol–water partition coefficient (Wildman–Crippen LogP) is 2.25. The summed E-state index contributed by atoms with van der Waals surface area (Å²) in [5, 5.41) is 9.36. The van der Waals surface area contributed by atoms with Gasteiger partial charge in [-0.3, -0.25) is 0 Å². The maximum Gasteiger partial charge on any atom is 0.145 e. The fraction of sp³-hybridized carbons (Fsp3) is 0.600. The molecule has 98 valence electrons. The third kappa shape index (κ3) is 2.18. The normalized spacial score (nSPS) is 35.4. The van der Waals surface area contributed by atoms with E-state index in [2.05, 4.69) is 30.3 Å². The van der Waals surface area contributed by atoms with E-state index in [-0.39, 0.29) is 12.7 Å². The van der Waals surface area contributed by atoms with Crippen molar-refractivity contribution in [1.29, 1.82) is 0 Å². The number of aliphatic hydroxyl groups is 1. The van der Waals surface area contributed by atoms with Crippen LogP contribution in [0.25, 0.3) is 0 Å². The zero-order valence-corrected chi connectivity index (χ0v) is 10.8. The van der Waals surface area contributed by atoms with Crippen molar-refractivity contribution in [2.24, 2.45) is 0 Å². The maximum absolute atomic E-state index is 9.36. The van der Waals surface area contributed by atoms with Gasteiger partial charge in [-0.15, -0.1) is 0 Å². The average Bonchev–Trinajstić information content (AvgIpc) is 2.78. The highest BCUT2D eigenvalue weighted by atomic mass is 16.7. The van der Waals surface area contributed by atoms with E-state index in [1.165, 1.54) is 24.8 Å². The Balaban J connectivity index is 1.81. The zero-order chi connectivity index (χ0) is 12.4. The lowest BCUT2D eigenvalue weighted by molar-refractivity contribution is -1.12. The molecule has 18 heavy (non-hydrogen) atoms. The summed E-state index contributed by atoms with van der Waals surface area (Å²) in [7, 11) is 0. The fourth-order valence-corrected chi connectivity index (χ4v) is 3.52. The van der Waals surface area contributed by atoms with Crippen molar-refractivity contribution < 1.29 is 14.6 Å². The number of nitrogens with zero attached hydrogens (tertiary/aromatic N) is 1. The fourth-order valence-electron chi connectivity index (χ4n) is 3.52. The van der Waals surface area contributed by atoms with Gasteiger partial charge in [0.05, 0.1) is 6.61 Å². The van der Waals surface area contributed by atoms with Gasteiger partial charge in [0.2, 0.25) is 0 Å². The third-order valence-electron chi connectivity index (χ3n) is 4.38. The quantitative estimate of drug-likeness (QED) is 0.831. The molecule has 2 aliphatic rings. The van der Waals surface area contributed by atoms with Gasteiger partial charge in [-0.05, 0) is 12.8 Å². The summed E-state index contributed by atoms with van der Waals surface area (Å²) in [6.45, 7) is 2.20. The molecule has 2 heterocycles. The Hall–Kier alpha value is -0.900. The standard InChI is InChI=1S/C15H22NO2/c17-12-15-10-14-8-4-5-9-16(14,18-15)11-13-6-2-1-3-7-13/h1-3,6-7,14-15,17H,4-5,8-12H2/q+1. The molecule has 2 fully saturated rings. The first-order chi connectivity index (χ1) is 8.82. The molecule has 2 saturated heterocycles. The van der Waals surface area contributed by atoms with Crippen molar-refractivity contribution in [2.75, 3.05) is 13.2 Å². The molecule has 1 N–H and O–H groups in total. The molecule has 3 heteroatoms. The Morgan fingerprint density at radius 2 is 2.06 bits per heavy atom. The van der Waals surface area contributed by atoms with Crippen LogP contribution in [0.4, 0.5) is 0 Å². The molecule has 1 aromatic carbocycles. The molecule has 3 rings (SSSR count).